The Kier molecular flexibility index (Phi) is 4.15. The summed E-state index contributed by atoms with van der Waals surface area (Å²) in [7, 11) is -0.719. The molecule has 0 aliphatic carbocycles. The molecule has 0 amide bonds. The highest BCUT2D eigenvalue weighted by Crippen LogP contribution is 2.04. The van der Waals surface area contributed by atoms with Crippen LogP contribution >= 0.6 is 11.6 Å². The number of carboxylic acid groups (broad SMARTS) is 1. The number of aliphatic carboxylic acids is 1. The zero-order chi connectivity index (χ0) is 9.84. The van der Waals surface area contributed by atoms with E-state index in [-0.39, 0.29) is 0 Å². The number of halogens is 1. The van der Waals surface area contributed by atoms with E-state index >= 15 is 0 Å². The first-order valence-electron chi connectivity index (χ1n) is 4.04. The molecule has 0 spiro atoms. The summed E-state index contributed by atoms with van der Waals surface area (Å²) in [5, 5.41) is 7.69. The zero-order valence-corrected chi connectivity index (χ0v) is 8.68. The van der Waals surface area contributed by atoms with Crippen LogP contribution in [0.5, 0.6) is 0 Å². The molecule has 1 rings (SSSR count). The van der Waals surface area contributed by atoms with Gasteiger partial charge >= 0.3 is 5.97 Å². The minimum atomic E-state index is -0.992. The Bertz CT molecular complexity index is 214. The molecule has 1 unspecified atom stereocenters. The van der Waals surface area contributed by atoms with Crippen molar-refractivity contribution in [3.63, 3.8) is 0 Å². The third kappa shape index (κ3) is 3.62. The van der Waals surface area contributed by atoms with Crippen molar-refractivity contribution in [3.05, 3.63) is 0 Å². The summed E-state index contributed by atoms with van der Waals surface area (Å²) >= 11 is 5.57. The van der Waals surface area contributed by atoms with E-state index in [2.05, 4.69) is 0 Å². The first-order chi connectivity index (χ1) is 6.09. The van der Waals surface area contributed by atoms with Gasteiger partial charge in [0, 0.05) is 41.9 Å². The van der Waals surface area contributed by atoms with E-state index in [1.54, 1.807) is 0 Å². The molecule has 1 atom stereocenters. The van der Waals surface area contributed by atoms with E-state index < -0.39 is 22.1 Å². The molecule has 0 saturated carbocycles. The van der Waals surface area contributed by atoms with Gasteiger partial charge in [0.25, 0.3) is 0 Å². The van der Waals surface area contributed by atoms with Gasteiger partial charge in [0.2, 0.25) is 0 Å². The molecule has 1 heterocycles. The topological polar surface area (TPSA) is 57.6 Å². The van der Waals surface area contributed by atoms with E-state index in [4.69, 9.17) is 16.7 Å². The Balaban J connectivity index is 2.30. The van der Waals surface area contributed by atoms with Gasteiger partial charge in [-0.2, -0.15) is 0 Å². The van der Waals surface area contributed by atoms with Crippen LogP contribution in [0.3, 0.4) is 0 Å². The smallest absolute Gasteiger partial charge is 0.322 e. The number of carboxylic acids is 1. The van der Waals surface area contributed by atoms with Gasteiger partial charge in [-0.1, -0.05) is 0 Å². The Labute approximate surface area is 84.3 Å². The van der Waals surface area contributed by atoms with Crippen molar-refractivity contribution in [2.75, 3.05) is 31.1 Å². The van der Waals surface area contributed by atoms with Crippen molar-refractivity contribution < 1.29 is 14.1 Å². The molecule has 0 bridgehead atoms. The summed E-state index contributed by atoms with van der Waals surface area (Å²) in [6.07, 6.45) is 0. The highest BCUT2D eigenvalue weighted by Gasteiger charge is 2.21. The first-order valence-corrected chi connectivity index (χ1v) is 5.96. The summed E-state index contributed by atoms with van der Waals surface area (Å²) in [4.78, 5) is 12.4. The summed E-state index contributed by atoms with van der Waals surface area (Å²) in [6, 6.07) is 0. The average Bonchev–Trinajstić information content (AvgIpc) is 2.08. The number of nitrogens with zero attached hydrogens (tertiary/aromatic N) is 1. The van der Waals surface area contributed by atoms with Crippen molar-refractivity contribution in [1.29, 1.82) is 0 Å². The summed E-state index contributed by atoms with van der Waals surface area (Å²) in [5.41, 5.74) is 0. The molecule has 1 N–H and O–H groups in total. The monoisotopic (exact) mass is 225 g/mol. The van der Waals surface area contributed by atoms with Gasteiger partial charge in [0.05, 0.1) is 0 Å². The van der Waals surface area contributed by atoms with Crippen molar-refractivity contribution in [2.45, 2.75) is 5.38 Å². The second-order valence-corrected chi connectivity index (χ2v) is 5.18. The van der Waals surface area contributed by atoms with Gasteiger partial charge in [-0.25, -0.2) is 0 Å². The molecule has 6 heteroatoms. The van der Waals surface area contributed by atoms with E-state index in [0.29, 0.717) is 31.1 Å². The minimum Gasteiger partial charge on any atom is -0.480 e. The Morgan fingerprint density at radius 2 is 2.08 bits per heavy atom. The van der Waals surface area contributed by atoms with Crippen LogP contribution in [0.4, 0.5) is 0 Å². The second kappa shape index (κ2) is 4.93. The Hall–Kier alpha value is -0.130. The normalized spacial score (nSPS) is 22.8. The maximum Gasteiger partial charge on any atom is 0.322 e. The molecule has 1 fully saturated rings. The van der Waals surface area contributed by atoms with Gasteiger partial charge < -0.3 is 5.11 Å². The van der Waals surface area contributed by atoms with Crippen molar-refractivity contribution in [1.82, 2.24) is 4.90 Å². The van der Waals surface area contributed by atoms with E-state index in [1.807, 2.05) is 4.90 Å². The Morgan fingerprint density at radius 1 is 1.54 bits per heavy atom. The third-order valence-electron chi connectivity index (χ3n) is 1.96. The summed E-state index contributed by atoms with van der Waals surface area (Å²) < 4.78 is 11.0. The fourth-order valence-electron chi connectivity index (χ4n) is 1.16. The highest BCUT2D eigenvalue weighted by atomic mass is 35.5. The predicted molar refractivity (Wildman–Crippen MR) is 51.6 cm³/mol. The molecular weight excluding hydrogens is 214 g/mol. The molecular formula is C7H12ClNO3S. The fourth-order valence-corrected chi connectivity index (χ4v) is 2.49. The van der Waals surface area contributed by atoms with Crippen LogP contribution < -0.4 is 0 Å². The molecule has 1 saturated heterocycles. The number of alkyl halides is 1. The number of hydrogen-bond acceptors (Lipinski definition) is 3. The van der Waals surface area contributed by atoms with Gasteiger partial charge in [-0.3, -0.25) is 13.9 Å². The molecule has 0 aromatic rings. The van der Waals surface area contributed by atoms with Gasteiger partial charge in [-0.05, 0) is 0 Å². The van der Waals surface area contributed by atoms with Crippen LogP contribution in [0.25, 0.3) is 0 Å². The molecule has 1 aliphatic rings. The SMILES string of the molecule is O=C(O)C(Cl)CN1CCS(=O)CC1. The number of carbonyl (C=O) groups is 1. The van der Waals surface area contributed by atoms with Crippen LogP contribution in [-0.4, -0.2) is 56.7 Å². The molecule has 0 aromatic carbocycles. The second-order valence-electron chi connectivity index (χ2n) is 2.95. The number of hydrogen-bond donors (Lipinski definition) is 1. The lowest BCUT2D eigenvalue weighted by atomic mass is 10.3. The largest absolute Gasteiger partial charge is 0.480 e. The standard InChI is InChI=1S/C7H12ClNO3S/c8-6(7(10)11)5-9-1-3-13(12)4-2-9/h6H,1-5H2,(H,10,11). The lowest BCUT2D eigenvalue weighted by Gasteiger charge is -2.26. The Morgan fingerprint density at radius 3 is 2.54 bits per heavy atom. The van der Waals surface area contributed by atoms with E-state index in [0.717, 1.165) is 0 Å². The molecule has 0 radical (unpaired) electrons. The van der Waals surface area contributed by atoms with Crippen molar-refractivity contribution in [3.8, 4) is 0 Å². The van der Waals surface area contributed by atoms with Gasteiger partial charge in [-0.15, -0.1) is 11.6 Å². The molecule has 0 aromatic heterocycles. The average molecular weight is 226 g/mol. The minimum absolute atomic E-state index is 0.341. The lowest BCUT2D eigenvalue weighted by Crippen LogP contribution is -2.42. The van der Waals surface area contributed by atoms with Gasteiger partial charge in [0.15, 0.2) is 0 Å². The lowest BCUT2D eigenvalue weighted by molar-refractivity contribution is -0.136. The highest BCUT2D eigenvalue weighted by molar-refractivity contribution is 7.85. The quantitative estimate of drug-likeness (QED) is 0.673. The summed E-state index contributed by atoms with van der Waals surface area (Å²) in [6.45, 7) is 1.71. The van der Waals surface area contributed by atoms with Crippen molar-refractivity contribution in [2.24, 2.45) is 0 Å². The molecule has 4 nitrogen and oxygen atoms in total. The molecule has 13 heavy (non-hydrogen) atoms. The van der Waals surface area contributed by atoms with Crippen molar-refractivity contribution >= 4 is 28.4 Å². The summed E-state index contributed by atoms with van der Waals surface area (Å²) in [5.74, 6) is 0.264. The number of rotatable bonds is 3. The van der Waals surface area contributed by atoms with Crippen LogP contribution in [0.15, 0.2) is 0 Å². The van der Waals surface area contributed by atoms with Crippen LogP contribution in [0.1, 0.15) is 0 Å². The fraction of sp³-hybridized carbons (Fsp3) is 0.857. The third-order valence-corrected chi connectivity index (χ3v) is 3.56. The van der Waals surface area contributed by atoms with E-state index in [9.17, 15) is 9.00 Å². The molecule has 76 valence electrons. The van der Waals surface area contributed by atoms with Crippen LogP contribution in [-0.2, 0) is 15.6 Å². The van der Waals surface area contributed by atoms with Crippen LogP contribution in [0.2, 0.25) is 0 Å². The molecule has 1 aliphatic heterocycles. The predicted octanol–water partition coefficient (Wildman–Crippen LogP) is -0.257. The van der Waals surface area contributed by atoms with Gasteiger partial charge in [0.1, 0.15) is 5.38 Å². The zero-order valence-electron chi connectivity index (χ0n) is 7.11. The van der Waals surface area contributed by atoms with E-state index in [1.165, 1.54) is 0 Å². The maximum atomic E-state index is 11.0. The maximum absolute atomic E-state index is 11.0. The van der Waals surface area contributed by atoms with Crippen LogP contribution in [0, 0.1) is 0 Å². The first kappa shape index (κ1) is 10.9.